The summed E-state index contributed by atoms with van der Waals surface area (Å²) in [5, 5.41) is 6.89. The molecule has 3 aliphatic heterocycles. The van der Waals surface area contributed by atoms with Crippen LogP contribution in [0.3, 0.4) is 0 Å². The minimum Gasteiger partial charge on any atom is -0.444 e. The van der Waals surface area contributed by atoms with Crippen LogP contribution in [0.2, 0.25) is 5.02 Å². The largest absolute Gasteiger partial charge is 0.444 e. The van der Waals surface area contributed by atoms with Gasteiger partial charge in [-0.25, -0.2) is 14.8 Å². The van der Waals surface area contributed by atoms with Gasteiger partial charge in [0.15, 0.2) is 0 Å². The molecule has 7 rings (SSSR count). The van der Waals surface area contributed by atoms with E-state index in [-0.39, 0.29) is 30.1 Å². The van der Waals surface area contributed by atoms with Gasteiger partial charge in [-0.3, -0.25) is 9.59 Å². The maximum Gasteiger partial charge on any atom is 0.408 e. The van der Waals surface area contributed by atoms with Crippen LogP contribution < -0.4 is 21.3 Å². The summed E-state index contributed by atoms with van der Waals surface area (Å²) < 4.78 is 12.3. The monoisotopic (exact) mass is 860 g/mol. The third kappa shape index (κ3) is 10.8. The van der Waals surface area contributed by atoms with Crippen LogP contribution in [0.25, 0.3) is 11.0 Å². The number of ether oxygens (including phenoxy) is 2. The summed E-state index contributed by atoms with van der Waals surface area (Å²) in [4.78, 5) is 59.9. The Kier molecular flexibility index (Phi) is 14.1. The molecule has 5 heterocycles. The molecule has 5 N–H and O–H groups in total. The van der Waals surface area contributed by atoms with Crippen LogP contribution in [0.5, 0.6) is 0 Å². The van der Waals surface area contributed by atoms with Crippen LogP contribution in [0.1, 0.15) is 103 Å². The first-order chi connectivity index (χ1) is 28.7. The molecular formula is C44H63ClN9O5Si. The van der Waals surface area contributed by atoms with E-state index in [1.54, 1.807) is 20.8 Å². The Labute approximate surface area is 362 Å². The number of nitrogens with zero attached hydrogens (tertiary/aromatic N) is 5. The van der Waals surface area contributed by atoms with Crippen molar-refractivity contribution in [3.05, 3.63) is 53.4 Å². The molecule has 1 aliphatic carbocycles. The van der Waals surface area contributed by atoms with E-state index >= 15 is 0 Å². The number of H-pyrrole nitrogens is 1. The number of rotatable bonds is 12. The maximum absolute atomic E-state index is 14.8. The molecule has 16 heteroatoms. The Bertz CT molecular complexity index is 1910. The smallest absolute Gasteiger partial charge is 0.408 e. The lowest BCUT2D eigenvalue weighted by Crippen LogP contribution is -2.66. The normalized spacial score (nSPS) is 21.6. The van der Waals surface area contributed by atoms with Gasteiger partial charge in [0.05, 0.1) is 33.9 Å². The number of aromatic amines is 1. The molecule has 4 fully saturated rings. The molecule has 0 bridgehead atoms. The first-order valence-electron chi connectivity index (χ1n) is 22.0. The zero-order valence-electron chi connectivity index (χ0n) is 35.5. The summed E-state index contributed by atoms with van der Waals surface area (Å²) in [5.74, 6) is 0.910. The van der Waals surface area contributed by atoms with Crippen molar-refractivity contribution in [2.24, 2.45) is 11.7 Å². The van der Waals surface area contributed by atoms with Gasteiger partial charge >= 0.3 is 6.09 Å². The number of halogens is 1. The number of fused-ring (bicyclic) bond motifs is 1. The van der Waals surface area contributed by atoms with E-state index < -0.39 is 22.4 Å². The number of nitrogens with one attached hydrogen (secondary N) is 3. The molecule has 3 aromatic rings. The van der Waals surface area contributed by atoms with Gasteiger partial charge in [0.25, 0.3) is 0 Å². The summed E-state index contributed by atoms with van der Waals surface area (Å²) >= 11 is 6.34. The third-order valence-electron chi connectivity index (χ3n) is 13.0. The predicted octanol–water partition coefficient (Wildman–Crippen LogP) is 5.38. The lowest BCUT2D eigenvalue weighted by Gasteiger charge is -2.44. The average molecular weight is 862 g/mol. The number of carbonyl (C=O) groups excluding carboxylic acids is 3. The molecule has 0 spiro atoms. The Morgan fingerprint density at radius 2 is 1.58 bits per heavy atom. The number of anilines is 1. The van der Waals surface area contributed by atoms with Crippen molar-refractivity contribution in [3.63, 3.8) is 0 Å². The lowest BCUT2D eigenvalue weighted by atomic mass is 9.83. The van der Waals surface area contributed by atoms with Crippen molar-refractivity contribution in [3.8, 4) is 0 Å². The van der Waals surface area contributed by atoms with Crippen molar-refractivity contribution >= 4 is 56.6 Å². The van der Waals surface area contributed by atoms with Crippen LogP contribution in [0.4, 0.5) is 10.6 Å². The highest BCUT2D eigenvalue weighted by Crippen LogP contribution is 2.33. The van der Waals surface area contributed by atoms with Crippen LogP contribution >= 0.6 is 11.6 Å². The van der Waals surface area contributed by atoms with E-state index in [2.05, 4.69) is 45.6 Å². The van der Waals surface area contributed by atoms with Crippen LogP contribution in [0.15, 0.2) is 42.9 Å². The van der Waals surface area contributed by atoms with Crippen molar-refractivity contribution < 1.29 is 23.9 Å². The van der Waals surface area contributed by atoms with Crippen molar-refractivity contribution in [2.45, 2.75) is 132 Å². The molecular weight excluding hydrogens is 798 g/mol. The highest BCUT2D eigenvalue weighted by atomic mass is 35.5. The summed E-state index contributed by atoms with van der Waals surface area (Å²) in [6.45, 7) is 10.2. The topological polar surface area (TPSA) is 171 Å². The van der Waals surface area contributed by atoms with Gasteiger partial charge in [-0.2, -0.15) is 0 Å². The second kappa shape index (κ2) is 19.1. The number of benzene rings is 1. The Hall–Kier alpha value is -3.76. The number of carbonyl (C=O) groups is 3. The van der Waals surface area contributed by atoms with E-state index in [4.69, 9.17) is 26.8 Å². The summed E-state index contributed by atoms with van der Waals surface area (Å²) in [7, 11) is 4.08. The van der Waals surface area contributed by atoms with Crippen molar-refractivity contribution in [1.29, 1.82) is 0 Å². The minimum absolute atomic E-state index is 0.114. The molecule has 3 radical (unpaired) electrons. The maximum atomic E-state index is 14.8. The van der Waals surface area contributed by atoms with E-state index in [1.807, 2.05) is 41.4 Å². The minimum atomic E-state index is -1.26. The van der Waals surface area contributed by atoms with Crippen molar-refractivity contribution in [2.75, 3.05) is 50.7 Å². The van der Waals surface area contributed by atoms with Crippen LogP contribution in [-0.2, 0) is 24.2 Å². The number of hydrogen-bond acceptors (Lipinski definition) is 10. The molecule has 2 aromatic heterocycles. The van der Waals surface area contributed by atoms with Crippen LogP contribution in [-0.4, -0.2) is 128 Å². The van der Waals surface area contributed by atoms with E-state index in [0.717, 1.165) is 74.0 Å². The second-order valence-corrected chi connectivity index (χ2v) is 19.7. The summed E-state index contributed by atoms with van der Waals surface area (Å²) in [5.41, 5.74) is 6.05. The molecule has 1 aromatic carbocycles. The zero-order valence-corrected chi connectivity index (χ0v) is 37.3. The van der Waals surface area contributed by atoms with Crippen molar-refractivity contribution in [1.82, 2.24) is 35.4 Å². The fourth-order valence-corrected chi connectivity index (χ4v) is 9.95. The molecule has 2 atom stereocenters. The van der Waals surface area contributed by atoms with Gasteiger partial charge in [0, 0.05) is 62.2 Å². The van der Waals surface area contributed by atoms with Gasteiger partial charge in [-0.15, -0.1) is 0 Å². The summed E-state index contributed by atoms with van der Waals surface area (Å²) in [6, 6.07) is 9.06. The van der Waals surface area contributed by atoms with Gasteiger partial charge in [-0.05, 0) is 108 Å². The number of nitrogens with two attached hydrogens (primary N) is 1. The molecule has 325 valence electrons. The van der Waals surface area contributed by atoms with Gasteiger partial charge in [0.2, 0.25) is 11.8 Å². The molecule has 0 unspecified atom stereocenters. The van der Waals surface area contributed by atoms with E-state index in [0.29, 0.717) is 62.9 Å². The second-order valence-electron chi connectivity index (χ2n) is 18.4. The van der Waals surface area contributed by atoms with Gasteiger partial charge < -0.3 is 45.5 Å². The molecule has 14 nitrogen and oxygen atoms in total. The number of likely N-dealkylation sites (tertiary alicyclic amines) is 2. The first kappa shape index (κ1) is 44.3. The molecule has 60 heavy (non-hydrogen) atoms. The fourth-order valence-electron chi connectivity index (χ4n) is 9.43. The van der Waals surface area contributed by atoms with Gasteiger partial charge in [0.1, 0.15) is 28.9 Å². The number of alkyl carbamates (subject to hydrolysis) is 1. The zero-order chi connectivity index (χ0) is 42.5. The molecule has 3 saturated heterocycles. The standard InChI is InChI=1S/C44H63ClN9O5Si/c1-42(2,3)59-41(57)51-43(18-27-53(28-19-43)38-35-13-21-47-37(35)48-29-49-38)40(56)50-44(60,31-9-11-32(45)12-10-31)20-26-52-22-14-33(15-23-52)58-34-16-24-54(25-17-34)39(55)36(46)30-7-5-4-6-8-30/h9-13,21,29-30,33-34,36H,4-8,14-20,22-28,46H2,1-3H3,(H,50,56)(H,51,57)(H,47,48,49)/t36-,44+/m1/s1. The van der Waals surface area contributed by atoms with E-state index in [1.165, 1.54) is 25.6 Å². The number of amides is 3. The number of piperidine rings is 3. The fraction of sp³-hybridized carbons (Fsp3) is 0.659. The van der Waals surface area contributed by atoms with E-state index in [9.17, 15) is 14.4 Å². The molecule has 1 saturated carbocycles. The first-order valence-corrected chi connectivity index (χ1v) is 22.9. The molecule has 3 amide bonds. The molecule has 4 aliphatic rings. The Balaban J connectivity index is 0.963. The number of aromatic nitrogens is 3. The lowest BCUT2D eigenvalue weighted by molar-refractivity contribution is -0.138. The highest BCUT2D eigenvalue weighted by Gasteiger charge is 2.47. The Morgan fingerprint density at radius 3 is 2.23 bits per heavy atom. The average Bonchev–Trinajstić information content (AvgIpc) is 3.73. The SMILES string of the molecule is CC(C)(C)OC(=O)NC1(C(=O)N[C@]([Si])(CCN2CCC(OC3CCN(C(=O)[C@H](N)C4CCCCC4)CC3)CC2)c2ccc(Cl)cc2)CCN(c2ncnc3[nH]ccc23)CC1. The van der Waals surface area contributed by atoms with Crippen LogP contribution in [0, 0.1) is 5.92 Å². The van der Waals surface area contributed by atoms with Gasteiger partial charge in [-0.1, -0.05) is 43.0 Å². The number of hydrogen-bond donors (Lipinski definition) is 4. The summed E-state index contributed by atoms with van der Waals surface area (Å²) in [6.07, 6.45) is 13.5. The third-order valence-corrected chi connectivity index (χ3v) is 13.9. The predicted molar refractivity (Wildman–Crippen MR) is 234 cm³/mol. The quantitative estimate of drug-likeness (QED) is 0.174. The Morgan fingerprint density at radius 1 is 0.933 bits per heavy atom. The highest BCUT2D eigenvalue weighted by molar-refractivity contribution is 6.30.